The highest BCUT2D eigenvalue weighted by atomic mass is 19.4. The second kappa shape index (κ2) is 6.45. The minimum atomic E-state index is -4.37. The Balaban J connectivity index is 0. The Morgan fingerprint density at radius 3 is 1.64 bits per heavy atom. The summed E-state index contributed by atoms with van der Waals surface area (Å²) in [4.78, 5) is 0. The molecule has 0 aromatic carbocycles. The van der Waals surface area contributed by atoms with E-state index in [1.54, 1.807) is 0 Å². The summed E-state index contributed by atoms with van der Waals surface area (Å²) in [7, 11) is 1.21. The first kappa shape index (κ1) is 15.5. The van der Waals surface area contributed by atoms with Crippen molar-refractivity contribution >= 4 is 6.72 Å². The number of nitrogens with zero attached hydrogens (tertiary/aromatic N) is 2. The molecule has 0 heterocycles. The highest BCUT2D eigenvalue weighted by molar-refractivity contribution is 5.24. The molecule has 14 heavy (non-hydrogen) atoms. The number of halogens is 3. The molecule has 0 fully saturated rings. The third-order valence-corrected chi connectivity index (χ3v) is 1.28. The third-order valence-electron chi connectivity index (χ3n) is 1.28. The van der Waals surface area contributed by atoms with Gasteiger partial charge in [-0.15, -0.1) is 0 Å². The molecule has 0 N–H and O–H groups in total. The van der Waals surface area contributed by atoms with Crippen molar-refractivity contribution < 1.29 is 13.2 Å². The standard InChI is InChI=1S/C7H11F3N2.C2H6/c1-5(2)6(7(8,9)10)12(4)11-3;1-2/h3H2,1-2,4H3;1-2H3. The number of hydrazone groups is 1. The Hall–Kier alpha value is -1.00. The van der Waals surface area contributed by atoms with Crippen LogP contribution in [0.3, 0.4) is 0 Å². The van der Waals surface area contributed by atoms with E-state index < -0.39 is 11.9 Å². The fraction of sp³-hybridized carbons (Fsp3) is 0.667. The SMILES string of the molecule is C=NN(C)C(=C(C)C)C(F)(F)F.CC. The van der Waals surface area contributed by atoms with Gasteiger partial charge in [0.25, 0.3) is 0 Å². The summed E-state index contributed by atoms with van der Waals surface area (Å²) in [5, 5.41) is 3.90. The normalized spacial score (nSPS) is 9.71. The Morgan fingerprint density at radius 1 is 1.21 bits per heavy atom. The monoisotopic (exact) mass is 210 g/mol. The lowest BCUT2D eigenvalue weighted by Crippen LogP contribution is -2.25. The van der Waals surface area contributed by atoms with Crippen LogP contribution in [0.2, 0.25) is 0 Å². The van der Waals surface area contributed by atoms with Gasteiger partial charge in [-0.05, 0) is 19.4 Å². The molecule has 84 valence electrons. The summed E-state index contributed by atoms with van der Waals surface area (Å²) in [6.07, 6.45) is -4.37. The van der Waals surface area contributed by atoms with Gasteiger partial charge >= 0.3 is 6.18 Å². The molecule has 0 rings (SSSR count). The van der Waals surface area contributed by atoms with Gasteiger partial charge in [0.2, 0.25) is 0 Å². The van der Waals surface area contributed by atoms with Gasteiger partial charge in [-0.2, -0.15) is 18.3 Å². The molecule has 0 radical (unpaired) electrons. The molecular formula is C9H17F3N2. The second-order valence-corrected chi connectivity index (χ2v) is 2.51. The van der Waals surface area contributed by atoms with Gasteiger partial charge in [0.1, 0.15) is 5.70 Å². The van der Waals surface area contributed by atoms with Crippen molar-refractivity contribution in [1.29, 1.82) is 0 Å². The van der Waals surface area contributed by atoms with Crippen molar-refractivity contribution in [2.45, 2.75) is 33.9 Å². The zero-order valence-electron chi connectivity index (χ0n) is 9.24. The van der Waals surface area contributed by atoms with Crippen LogP contribution in [0, 0.1) is 0 Å². The van der Waals surface area contributed by atoms with Crippen LogP contribution < -0.4 is 0 Å². The first-order valence-electron chi connectivity index (χ1n) is 4.25. The summed E-state index contributed by atoms with van der Waals surface area (Å²) in [5.74, 6) is 0. The number of rotatable bonds is 2. The first-order valence-corrected chi connectivity index (χ1v) is 4.25. The van der Waals surface area contributed by atoms with Crippen LogP contribution in [0.25, 0.3) is 0 Å². The maximum absolute atomic E-state index is 12.2. The quantitative estimate of drug-likeness (QED) is 0.503. The van der Waals surface area contributed by atoms with Crippen molar-refractivity contribution in [2.24, 2.45) is 5.10 Å². The third kappa shape index (κ3) is 4.89. The maximum atomic E-state index is 12.2. The van der Waals surface area contributed by atoms with Gasteiger partial charge in [0.05, 0.1) is 0 Å². The Morgan fingerprint density at radius 2 is 1.57 bits per heavy atom. The van der Waals surface area contributed by atoms with E-state index in [0.717, 1.165) is 5.01 Å². The molecule has 0 aliphatic rings. The van der Waals surface area contributed by atoms with E-state index in [1.807, 2.05) is 13.8 Å². The Labute approximate surface area is 83.1 Å². The van der Waals surface area contributed by atoms with Crippen LogP contribution in [-0.4, -0.2) is 25.0 Å². The lowest BCUT2D eigenvalue weighted by Gasteiger charge is -2.20. The Bertz CT molecular complexity index is 203. The van der Waals surface area contributed by atoms with Crippen LogP contribution in [0.1, 0.15) is 27.7 Å². The summed E-state index contributed by atoms with van der Waals surface area (Å²) in [6, 6.07) is 0. The molecule has 0 spiro atoms. The highest BCUT2D eigenvalue weighted by Crippen LogP contribution is 2.30. The van der Waals surface area contributed by atoms with Gasteiger partial charge in [-0.1, -0.05) is 13.8 Å². The molecule has 0 aliphatic carbocycles. The van der Waals surface area contributed by atoms with Crippen LogP contribution in [-0.2, 0) is 0 Å². The van der Waals surface area contributed by atoms with Gasteiger partial charge < -0.3 is 0 Å². The largest absolute Gasteiger partial charge is 0.432 e. The molecule has 2 nitrogen and oxygen atoms in total. The number of allylic oxidation sites excluding steroid dienone is 2. The maximum Gasteiger partial charge on any atom is 0.432 e. The second-order valence-electron chi connectivity index (χ2n) is 2.51. The lowest BCUT2D eigenvalue weighted by molar-refractivity contribution is -0.110. The molecular weight excluding hydrogens is 193 g/mol. The van der Waals surface area contributed by atoms with Crippen molar-refractivity contribution in [3.63, 3.8) is 0 Å². The summed E-state index contributed by atoms with van der Waals surface area (Å²) in [5.41, 5.74) is -0.602. The van der Waals surface area contributed by atoms with E-state index in [2.05, 4.69) is 11.8 Å². The summed E-state index contributed by atoms with van der Waals surface area (Å²) in [6.45, 7) is 9.78. The van der Waals surface area contributed by atoms with Crippen molar-refractivity contribution in [2.75, 3.05) is 7.05 Å². The molecule has 0 unspecified atom stereocenters. The summed E-state index contributed by atoms with van der Waals surface area (Å²) >= 11 is 0. The van der Waals surface area contributed by atoms with Gasteiger partial charge in [0, 0.05) is 13.8 Å². The smallest absolute Gasteiger partial charge is 0.264 e. The van der Waals surface area contributed by atoms with E-state index in [9.17, 15) is 13.2 Å². The fourth-order valence-corrected chi connectivity index (χ4v) is 0.861. The molecule has 0 saturated carbocycles. The van der Waals surface area contributed by atoms with Gasteiger partial charge in [-0.25, -0.2) is 0 Å². The molecule has 0 atom stereocenters. The Kier molecular flexibility index (Phi) is 7.13. The van der Waals surface area contributed by atoms with E-state index in [-0.39, 0.29) is 5.57 Å². The predicted molar refractivity (Wildman–Crippen MR) is 53.1 cm³/mol. The van der Waals surface area contributed by atoms with Crippen molar-refractivity contribution in [3.8, 4) is 0 Å². The van der Waals surface area contributed by atoms with Crippen molar-refractivity contribution in [3.05, 3.63) is 11.3 Å². The van der Waals surface area contributed by atoms with E-state index >= 15 is 0 Å². The highest BCUT2D eigenvalue weighted by Gasteiger charge is 2.37. The van der Waals surface area contributed by atoms with E-state index in [1.165, 1.54) is 20.9 Å². The average molecular weight is 210 g/mol. The zero-order valence-corrected chi connectivity index (χ0v) is 9.24. The number of hydrogen-bond donors (Lipinski definition) is 0. The zero-order chi connectivity index (χ0) is 11.9. The number of hydrogen-bond acceptors (Lipinski definition) is 2. The minimum Gasteiger partial charge on any atom is -0.264 e. The van der Waals surface area contributed by atoms with Crippen molar-refractivity contribution in [1.82, 2.24) is 5.01 Å². The average Bonchev–Trinajstić information content (AvgIpc) is 2.04. The van der Waals surface area contributed by atoms with Crippen LogP contribution in [0.15, 0.2) is 16.4 Å². The topological polar surface area (TPSA) is 15.6 Å². The van der Waals surface area contributed by atoms with Crippen LogP contribution in [0.5, 0.6) is 0 Å². The van der Waals surface area contributed by atoms with Gasteiger partial charge in [0.15, 0.2) is 0 Å². The molecule has 0 aromatic heterocycles. The molecule has 5 heteroatoms. The molecule has 0 saturated heterocycles. The van der Waals surface area contributed by atoms with Gasteiger partial charge in [-0.3, -0.25) is 5.01 Å². The van der Waals surface area contributed by atoms with Crippen LogP contribution >= 0.6 is 0 Å². The molecule has 0 bridgehead atoms. The minimum absolute atomic E-state index is 0.164. The molecule has 0 aromatic rings. The molecule has 0 aliphatic heterocycles. The van der Waals surface area contributed by atoms with E-state index in [4.69, 9.17) is 0 Å². The predicted octanol–water partition coefficient (Wildman–Crippen LogP) is 3.42. The fourth-order valence-electron chi connectivity index (χ4n) is 0.861. The summed E-state index contributed by atoms with van der Waals surface area (Å²) < 4.78 is 36.7. The molecule has 0 amide bonds. The lowest BCUT2D eigenvalue weighted by atomic mass is 10.2. The van der Waals surface area contributed by atoms with Crippen LogP contribution in [0.4, 0.5) is 13.2 Å². The number of alkyl halides is 3. The van der Waals surface area contributed by atoms with E-state index in [0.29, 0.717) is 0 Å². The first-order chi connectivity index (χ1) is 6.30.